The summed E-state index contributed by atoms with van der Waals surface area (Å²) in [6, 6.07) is 10.6. The molecule has 0 fully saturated rings. The molecule has 2 heterocycles. The standard InChI is InChI=1S/C15H13N3O/c19-16-13-14-5-7-15(8-6-14,17-9-1-2-10-17)18-11-3-4-12-18/h1-7,9-12H,8H2/p+1. The maximum Gasteiger partial charge on any atom is 0.387 e. The number of aromatic nitrogens is 2. The van der Waals surface area contributed by atoms with Gasteiger partial charge < -0.3 is 9.13 Å². The van der Waals surface area contributed by atoms with Crippen LogP contribution in [0.3, 0.4) is 0 Å². The quantitative estimate of drug-likeness (QED) is 0.819. The second kappa shape index (κ2) is 4.54. The number of hydrogen-bond acceptors (Lipinski definition) is 1. The molecular weight excluding hydrogens is 238 g/mol. The van der Waals surface area contributed by atoms with E-state index in [0.29, 0.717) is 0 Å². The molecule has 94 valence electrons. The van der Waals surface area contributed by atoms with Gasteiger partial charge in [0.05, 0.1) is 0 Å². The van der Waals surface area contributed by atoms with Crippen molar-refractivity contribution in [3.8, 4) is 6.07 Å². The lowest BCUT2D eigenvalue weighted by atomic mass is 9.96. The highest BCUT2D eigenvalue weighted by Crippen LogP contribution is 2.30. The molecule has 0 bridgehead atoms. The summed E-state index contributed by atoms with van der Waals surface area (Å²) < 4.78 is 4.32. The van der Waals surface area contributed by atoms with E-state index in [0.717, 1.165) is 12.0 Å². The summed E-state index contributed by atoms with van der Waals surface area (Å²) in [6.07, 6.45) is 15.0. The van der Waals surface area contributed by atoms with Gasteiger partial charge in [0.2, 0.25) is 5.01 Å². The van der Waals surface area contributed by atoms with E-state index in [4.69, 9.17) is 5.21 Å². The van der Waals surface area contributed by atoms with Crippen molar-refractivity contribution in [3.63, 3.8) is 0 Å². The lowest BCUT2D eigenvalue weighted by Gasteiger charge is -2.35. The monoisotopic (exact) mass is 252 g/mol. The van der Waals surface area contributed by atoms with Gasteiger partial charge in [0.1, 0.15) is 11.2 Å². The summed E-state index contributed by atoms with van der Waals surface area (Å²) in [5.74, 6) is 0. The van der Waals surface area contributed by atoms with E-state index in [9.17, 15) is 0 Å². The zero-order valence-electron chi connectivity index (χ0n) is 10.3. The Morgan fingerprint density at radius 2 is 1.63 bits per heavy atom. The van der Waals surface area contributed by atoms with Crippen molar-refractivity contribution in [2.75, 3.05) is 0 Å². The minimum absolute atomic E-state index is 0.284. The number of hydrogen-bond donors (Lipinski definition) is 1. The highest BCUT2D eigenvalue weighted by Gasteiger charge is 2.31. The van der Waals surface area contributed by atoms with E-state index in [1.165, 1.54) is 0 Å². The molecule has 3 rings (SSSR count). The lowest BCUT2D eigenvalue weighted by molar-refractivity contribution is 0.307. The zero-order valence-corrected chi connectivity index (χ0v) is 10.3. The first-order chi connectivity index (χ1) is 9.35. The van der Waals surface area contributed by atoms with Crippen LogP contribution in [-0.4, -0.2) is 14.3 Å². The summed E-state index contributed by atoms with van der Waals surface area (Å²) >= 11 is 0. The van der Waals surface area contributed by atoms with E-state index < -0.39 is 0 Å². The Hall–Kier alpha value is -2.67. The van der Waals surface area contributed by atoms with E-state index >= 15 is 0 Å². The van der Waals surface area contributed by atoms with Gasteiger partial charge in [-0.3, -0.25) is 0 Å². The molecule has 1 aliphatic carbocycles. The summed E-state index contributed by atoms with van der Waals surface area (Å²) in [7, 11) is 0. The molecule has 4 heteroatoms. The van der Waals surface area contributed by atoms with Gasteiger partial charge in [0, 0.05) is 31.2 Å². The van der Waals surface area contributed by atoms with Crippen LogP contribution < -0.4 is 0 Å². The molecule has 0 aromatic carbocycles. The average molecular weight is 252 g/mol. The van der Waals surface area contributed by atoms with Crippen molar-refractivity contribution in [3.05, 3.63) is 77.9 Å². The molecule has 0 amide bonds. The molecule has 4 nitrogen and oxygen atoms in total. The topological polar surface area (TPSA) is 34.5 Å². The Balaban J connectivity index is 2.06. The van der Waals surface area contributed by atoms with Gasteiger partial charge in [0.25, 0.3) is 0 Å². The molecular formula is C15H14N3O+. The van der Waals surface area contributed by atoms with Crippen LogP contribution in [0.4, 0.5) is 0 Å². The van der Waals surface area contributed by atoms with Crippen molar-refractivity contribution in [1.29, 1.82) is 0 Å². The van der Waals surface area contributed by atoms with Gasteiger partial charge >= 0.3 is 6.07 Å². The van der Waals surface area contributed by atoms with Crippen molar-refractivity contribution in [2.24, 2.45) is 0 Å². The van der Waals surface area contributed by atoms with E-state index in [1.54, 1.807) is 0 Å². The maximum atomic E-state index is 8.55. The predicted octanol–water partition coefficient (Wildman–Crippen LogP) is 3.10. The fourth-order valence-electron chi connectivity index (χ4n) is 2.46. The molecule has 0 saturated heterocycles. The molecule has 19 heavy (non-hydrogen) atoms. The van der Waals surface area contributed by atoms with Crippen LogP contribution in [0, 0.1) is 6.07 Å². The third-order valence-electron chi connectivity index (χ3n) is 3.43. The fraction of sp³-hybridized carbons (Fsp3) is 0.133. The Kier molecular flexibility index (Phi) is 2.73. The Morgan fingerprint density at radius 3 is 2.05 bits per heavy atom. The number of allylic oxidation sites excluding steroid dienone is 4. The fourth-order valence-corrected chi connectivity index (χ4v) is 2.46. The third kappa shape index (κ3) is 1.85. The molecule has 0 atom stereocenters. The maximum absolute atomic E-state index is 8.55. The van der Waals surface area contributed by atoms with Crippen molar-refractivity contribution in [1.82, 2.24) is 9.13 Å². The lowest BCUT2D eigenvalue weighted by Crippen LogP contribution is -2.38. The first-order valence-corrected chi connectivity index (χ1v) is 6.11. The summed E-state index contributed by atoms with van der Waals surface area (Å²) in [6.45, 7) is 0. The van der Waals surface area contributed by atoms with E-state index in [-0.39, 0.29) is 5.66 Å². The van der Waals surface area contributed by atoms with Gasteiger partial charge in [-0.1, -0.05) is 6.08 Å². The van der Waals surface area contributed by atoms with Crippen LogP contribution in [0.5, 0.6) is 0 Å². The van der Waals surface area contributed by atoms with Crippen LogP contribution in [0.15, 0.2) is 72.9 Å². The predicted molar refractivity (Wildman–Crippen MR) is 73.1 cm³/mol. The summed E-state index contributed by atoms with van der Waals surface area (Å²) in [5.41, 5.74) is 0.505. The van der Waals surface area contributed by atoms with E-state index in [1.807, 2.05) is 61.2 Å². The van der Waals surface area contributed by atoms with Gasteiger partial charge in [-0.15, -0.1) is 0 Å². The molecule has 1 aliphatic rings. The smallest absolute Gasteiger partial charge is 0.327 e. The minimum Gasteiger partial charge on any atom is -0.327 e. The first kappa shape index (κ1) is 11.4. The van der Waals surface area contributed by atoms with Crippen LogP contribution in [-0.2, 0) is 5.66 Å². The Morgan fingerprint density at radius 1 is 1.05 bits per heavy atom. The molecule has 0 unspecified atom stereocenters. The molecule has 0 radical (unpaired) electrons. The molecule has 1 N–H and O–H groups in total. The van der Waals surface area contributed by atoms with E-state index in [2.05, 4.69) is 26.3 Å². The summed E-state index contributed by atoms with van der Waals surface area (Å²) in [5, 5.41) is 11.5. The number of nitrogens with zero attached hydrogens (tertiary/aromatic N) is 3. The average Bonchev–Trinajstić information content (AvgIpc) is 3.14. The largest absolute Gasteiger partial charge is 0.387 e. The van der Waals surface area contributed by atoms with Crippen LogP contribution >= 0.6 is 0 Å². The van der Waals surface area contributed by atoms with Gasteiger partial charge in [-0.2, -0.15) is 5.21 Å². The number of rotatable bonds is 2. The van der Waals surface area contributed by atoms with Crippen molar-refractivity contribution < 1.29 is 5.21 Å². The normalized spacial score (nSPS) is 16.5. The molecule has 0 aliphatic heterocycles. The molecule has 0 spiro atoms. The van der Waals surface area contributed by atoms with Crippen LogP contribution in [0.1, 0.15) is 6.42 Å². The van der Waals surface area contributed by atoms with Crippen LogP contribution in [0.25, 0.3) is 5.01 Å². The van der Waals surface area contributed by atoms with Crippen molar-refractivity contribution >= 4 is 0 Å². The molecule has 2 aromatic heterocycles. The highest BCUT2D eigenvalue weighted by atomic mass is 16.4. The zero-order chi connectivity index (χ0) is 13.1. The van der Waals surface area contributed by atoms with Gasteiger partial charge in [-0.05, 0) is 36.4 Å². The van der Waals surface area contributed by atoms with Gasteiger partial charge in [0.15, 0.2) is 0 Å². The second-order valence-corrected chi connectivity index (χ2v) is 4.47. The van der Waals surface area contributed by atoms with Crippen molar-refractivity contribution in [2.45, 2.75) is 12.1 Å². The Labute approximate surface area is 111 Å². The second-order valence-electron chi connectivity index (χ2n) is 4.47. The molecule has 0 saturated carbocycles. The highest BCUT2D eigenvalue weighted by molar-refractivity contribution is 5.40. The summed E-state index contributed by atoms with van der Waals surface area (Å²) in [4.78, 5) is 0. The minimum atomic E-state index is -0.284. The van der Waals surface area contributed by atoms with Gasteiger partial charge in [-0.25, -0.2) is 0 Å². The third-order valence-corrected chi connectivity index (χ3v) is 3.43. The van der Waals surface area contributed by atoms with Crippen LogP contribution in [0.2, 0.25) is 0 Å². The Bertz CT molecular complexity index is 633. The molecule has 2 aromatic rings. The SMILES string of the molecule is O[N+]#CC1=CCC(n2cccc2)(n2cccc2)C=C1. The first-order valence-electron chi connectivity index (χ1n) is 6.11.